The summed E-state index contributed by atoms with van der Waals surface area (Å²) in [6, 6.07) is 14.9. The van der Waals surface area contributed by atoms with Gasteiger partial charge in [-0.15, -0.1) is 0 Å². The number of carbonyl (C=O) groups excluding carboxylic acids is 1. The minimum absolute atomic E-state index is 0.0602. The van der Waals surface area contributed by atoms with Gasteiger partial charge in [0.1, 0.15) is 0 Å². The Bertz CT molecular complexity index is 944. The zero-order chi connectivity index (χ0) is 21.2. The number of rotatable bonds is 5. The van der Waals surface area contributed by atoms with E-state index in [0.717, 1.165) is 50.1 Å². The summed E-state index contributed by atoms with van der Waals surface area (Å²) >= 11 is 2.01. The highest BCUT2D eigenvalue weighted by molar-refractivity contribution is 7.99. The fourth-order valence-corrected chi connectivity index (χ4v) is 5.94. The zero-order valence-corrected chi connectivity index (χ0v) is 18.8. The van der Waals surface area contributed by atoms with Gasteiger partial charge < -0.3 is 14.9 Å². The molecule has 31 heavy (non-hydrogen) atoms. The SMILES string of the molecule is O=C1c2ccc(N3CCSCC3)cc2CCN1CC(O)CN1CCc2ccccc2C1. The van der Waals surface area contributed by atoms with E-state index in [9.17, 15) is 9.90 Å². The molecule has 6 heteroatoms. The van der Waals surface area contributed by atoms with E-state index in [1.807, 2.05) is 22.7 Å². The van der Waals surface area contributed by atoms with Crippen LogP contribution in [0.15, 0.2) is 42.5 Å². The number of thioether (sulfide) groups is 1. The zero-order valence-electron chi connectivity index (χ0n) is 18.0. The predicted octanol–water partition coefficient (Wildman–Crippen LogP) is 2.66. The van der Waals surface area contributed by atoms with Crippen LogP contribution >= 0.6 is 11.8 Å². The maximum absolute atomic E-state index is 13.1. The van der Waals surface area contributed by atoms with Crippen LogP contribution in [0.5, 0.6) is 0 Å². The molecule has 2 aromatic carbocycles. The van der Waals surface area contributed by atoms with Gasteiger partial charge in [0.25, 0.3) is 5.91 Å². The van der Waals surface area contributed by atoms with Gasteiger partial charge in [0.15, 0.2) is 0 Å². The number of nitrogens with zero attached hydrogens (tertiary/aromatic N) is 3. The number of aliphatic hydroxyl groups is 1. The van der Waals surface area contributed by atoms with Crippen molar-refractivity contribution in [3.63, 3.8) is 0 Å². The lowest BCUT2D eigenvalue weighted by molar-refractivity contribution is 0.0493. The van der Waals surface area contributed by atoms with Gasteiger partial charge in [0, 0.05) is 68.6 Å². The first-order valence-corrected chi connectivity index (χ1v) is 12.5. The maximum atomic E-state index is 13.1. The van der Waals surface area contributed by atoms with Gasteiger partial charge >= 0.3 is 0 Å². The molecule has 3 aliphatic rings. The molecule has 0 aliphatic carbocycles. The van der Waals surface area contributed by atoms with Crippen molar-refractivity contribution in [3.05, 3.63) is 64.7 Å². The van der Waals surface area contributed by atoms with Gasteiger partial charge in [-0.1, -0.05) is 24.3 Å². The highest BCUT2D eigenvalue weighted by Crippen LogP contribution is 2.27. The van der Waals surface area contributed by atoms with E-state index in [0.29, 0.717) is 19.6 Å². The van der Waals surface area contributed by atoms with Crippen LogP contribution in [0.3, 0.4) is 0 Å². The van der Waals surface area contributed by atoms with Gasteiger partial charge in [-0.2, -0.15) is 11.8 Å². The molecule has 2 aromatic rings. The molecule has 0 spiro atoms. The maximum Gasteiger partial charge on any atom is 0.254 e. The Hall–Kier alpha value is -2.02. The van der Waals surface area contributed by atoms with Crippen molar-refractivity contribution in [2.75, 3.05) is 55.7 Å². The lowest BCUT2D eigenvalue weighted by atomic mass is 9.97. The minimum Gasteiger partial charge on any atom is -0.390 e. The van der Waals surface area contributed by atoms with Crippen molar-refractivity contribution in [1.82, 2.24) is 9.80 Å². The smallest absolute Gasteiger partial charge is 0.254 e. The Labute approximate surface area is 189 Å². The molecule has 1 N–H and O–H groups in total. The molecule has 1 fully saturated rings. The molecule has 0 bridgehead atoms. The Kier molecular flexibility index (Phi) is 6.21. The number of benzene rings is 2. The van der Waals surface area contributed by atoms with Gasteiger partial charge in [-0.05, 0) is 47.7 Å². The van der Waals surface area contributed by atoms with Crippen molar-refractivity contribution in [3.8, 4) is 0 Å². The molecule has 1 saturated heterocycles. The lowest BCUT2D eigenvalue weighted by Gasteiger charge is -2.34. The summed E-state index contributed by atoms with van der Waals surface area (Å²) in [5.74, 6) is 2.40. The van der Waals surface area contributed by atoms with Crippen LogP contribution in [-0.2, 0) is 19.4 Å². The number of amides is 1. The Morgan fingerprint density at radius 1 is 0.903 bits per heavy atom. The second kappa shape index (κ2) is 9.23. The van der Waals surface area contributed by atoms with Gasteiger partial charge in [-0.3, -0.25) is 9.69 Å². The molecular formula is C25H31N3O2S. The molecule has 0 aromatic heterocycles. The van der Waals surface area contributed by atoms with Crippen molar-refractivity contribution in [1.29, 1.82) is 0 Å². The first-order valence-electron chi connectivity index (χ1n) is 11.4. The van der Waals surface area contributed by atoms with E-state index in [1.165, 1.54) is 28.3 Å². The first kappa shape index (κ1) is 20.9. The number of anilines is 1. The average Bonchev–Trinajstić information content (AvgIpc) is 2.81. The average molecular weight is 438 g/mol. The second-order valence-electron chi connectivity index (χ2n) is 8.85. The van der Waals surface area contributed by atoms with Gasteiger partial charge in [0.2, 0.25) is 0 Å². The van der Waals surface area contributed by atoms with Crippen molar-refractivity contribution < 1.29 is 9.90 Å². The normalized spacial score (nSPS) is 20.4. The molecule has 0 saturated carbocycles. The predicted molar refractivity (Wildman–Crippen MR) is 127 cm³/mol. The fraction of sp³-hybridized carbons (Fsp3) is 0.480. The van der Waals surface area contributed by atoms with Crippen molar-refractivity contribution in [2.45, 2.75) is 25.5 Å². The molecule has 3 heterocycles. The van der Waals surface area contributed by atoms with E-state index >= 15 is 0 Å². The topological polar surface area (TPSA) is 47.0 Å². The molecule has 164 valence electrons. The molecule has 0 radical (unpaired) electrons. The first-order chi connectivity index (χ1) is 15.2. The molecule has 5 rings (SSSR count). The van der Waals surface area contributed by atoms with E-state index in [-0.39, 0.29) is 5.91 Å². The largest absolute Gasteiger partial charge is 0.390 e. The summed E-state index contributed by atoms with van der Waals surface area (Å²) < 4.78 is 0. The summed E-state index contributed by atoms with van der Waals surface area (Å²) in [4.78, 5) is 19.6. The van der Waals surface area contributed by atoms with Crippen LogP contribution in [0.2, 0.25) is 0 Å². The quantitative estimate of drug-likeness (QED) is 0.779. The van der Waals surface area contributed by atoms with E-state index in [1.54, 1.807) is 0 Å². The van der Waals surface area contributed by atoms with Crippen LogP contribution in [0.1, 0.15) is 27.0 Å². The van der Waals surface area contributed by atoms with E-state index in [4.69, 9.17) is 0 Å². The Balaban J connectivity index is 1.19. The van der Waals surface area contributed by atoms with E-state index < -0.39 is 6.10 Å². The van der Waals surface area contributed by atoms with E-state index in [2.05, 4.69) is 46.2 Å². The van der Waals surface area contributed by atoms with Crippen LogP contribution in [0, 0.1) is 0 Å². The molecule has 1 unspecified atom stereocenters. The Morgan fingerprint density at radius 3 is 2.52 bits per heavy atom. The number of hydrogen-bond donors (Lipinski definition) is 1. The summed E-state index contributed by atoms with van der Waals surface area (Å²) in [6.07, 6.45) is 1.36. The van der Waals surface area contributed by atoms with Gasteiger partial charge in [-0.25, -0.2) is 0 Å². The van der Waals surface area contributed by atoms with Crippen LogP contribution in [-0.4, -0.2) is 77.7 Å². The van der Waals surface area contributed by atoms with Crippen molar-refractivity contribution in [2.24, 2.45) is 0 Å². The number of hydrogen-bond acceptors (Lipinski definition) is 5. The highest BCUT2D eigenvalue weighted by atomic mass is 32.2. The molecule has 3 aliphatic heterocycles. The lowest BCUT2D eigenvalue weighted by Crippen LogP contribution is -2.46. The van der Waals surface area contributed by atoms with Crippen LogP contribution in [0.25, 0.3) is 0 Å². The summed E-state index contributed by atoms with van der Waals surface area (Å²) in [6.45, 7) is 5.70. The van der Waals surface area contributed by atoms with Crippen LogP contribution < -0.4 is 4.90 Å². The third-order valence-corrected chi connectivity index (χ3v) is 7.69. The monoisotopic (exact) mass is 437 g/mol. The Morgan fingerprint density at radius 2 is 1.68 bits per heavy atom. The third-order valence-electron chi connectivity index (χ3n) is 6.74. The number of fused-ring (bicyclic) bond motifs is 2. The number of carbonyl (C=O) groups is 1. The standard InChI is InChI=1S/C25H31N3O2S/c29-23(17-26-9-7-19-3-1-2-4-21(19)16-26)18-28-10-8-20-15-22(5-6-24(20)25(28)30)27-11-13-31-14-12-27/h1-6,15,23,29H,7-14,16-18H2. The summed E-state index contributed by atoms with van der Waals surface area (Å²) in [5.41, 5.74) is 5.97. The molecule has 1 amide bonds. The fourth-order valence-electron chi connectivity index (χ4n) is 5.04. The summed E-state index contributed by atoms with van der Waals surface area (Å²) in [5, 5.41) is 10.7. The van der Waals surface area contributed by atoms with Gasteiger partial charge in [0.05, 0.1) is 6.10 Å². The van der Waals surface area contributed by atoms with Crippen LogP contribution in [0.4, 0.5) is 5.69 Å². The molecule has 1 atom stereocenters. The molecule has 5 nitrogen and oxygen atoms in total. The minimum atomic E-state index is -0.527. The number of aliphatic hydroxyl groups excluding tert-OH is 1. The second-order valence-corrected chi connectivity index (χ2v) is 10.1. The number of β-amino-alcohol motifs (C(OH)–C–C–N with tert-alkyl or cyclic N) is 1. The third kappa shape index (κ3) is 4.61. The van der Waals surface area contributed by atoms with Crippen molar-refractivity contribution >= 4 is 23.4 Å². The molecular weight excluding hydrogens is 406 g/mol. The highest BCUT2D eigenvalue weighted by Gasteiger charge is 2.28. The summed E-state index contributed by atoms with van der Waals surface area (Å²) in [7, 11) is 0.